The lowest BCUT2D eigenvalue weighted by molar-refractivity contribution is -0.147. The van der Waals surface area contributed by atoms with Crippen molar-refractivity contribution in [2.75, 3.05) is 32.8 Å². The number of aliphatic hydroxyl groups is 1. The fraction of sp³-hybridized carbons (Fsp3) is 0.889. The van der Waals surface area contributed by atoms with Crippen LogP contribution in [0.1, 0.15) is 13.3 Å². The zero-order valence-corrected chi connectivity index (χ0v) is 8.03. The van der Waals surface area contributed by atoms with E-state index in [4.69, 9.17) is 9.84 Å². The first-order chi connectivity index (χ1) is 6.27. The summed E-state index contributed by atoms with van der Waals surface area (Å²) in [5.74, 6) is -0.0746. The minimum atomic E-state index is -0.0945. The molecule has 0 aromatic rings. The Bertz CT molecular complexity index is 172. The van der Waals surface area contributed by atoms with Crippen LogP contribution >= 0.6 is 0 Å². The predicted molar refractivity (Wildman–Crippen MR) is 48.3 cm³/mol. The SMILES string of the molecule is CCOC(=O)C1CCN(CCO)C1. The van der Waals surface area contributed by atoms with E-state index in [1.807, 2.05) is 6.92 Å². The normalized spacial score (nSPS) is 23.4. The van der Waals surface area contributed by atoms with Crippen molar-refractivity contribution in [1.29, 1.82) is 0 Å². The molecule has 0 amide bonds. The average molecular weight is 187 g/mol. The molecule has 1 fully saturated rings. The maximum Gasteiger partial charge on any atom is 0.310 e. The number of β-amino-alcohol motifs (C(OH)–C–C–N with tert-alkyl or cyclic N) is 1. The van der Waals surface area contributed by atoms with Crippen LogP contribution in [0.2, 0.25) is 0 Å². The van der Waals surface area contributed by atoms with Crippen LogP contribution in [0.5, 0.6) is 0 Å². The summed E-state index contributed by atoms with van der Waals surface area (Å²) < 4.78 is 4.92. The van der Waals surface area contributed by atoms with E-state index in [2.05, 4.69) is 4.90 Å². The highest BCUT2D eigenvalue weighted by atomic mass is 16.5. The van der Waals surface area contributed by atoms with Crippen molar-refractivity contribution in [3.8, 4) is 0 Å². The van der Waals surface area contributed by atoms with Gasteiger partial charge in [0.25, 0.3) is 0 Å². The molecule has 1 heterocycles. The van der Waals surface area contributed by atoms with E-state index in [1.165, 1.54) is 0 Å². The van der Waals surface area contributed by atoms with Gasteiger partial charge >= 0.3 is 5.97 Å². The maximum atomic E-state index is 11.3. The number of carbonyl (C=O) groups excluding carboxylic acids is 1. The number of ether oxygens (including phenoxy) is 1. The summed E-state index contributed by atoms with van der Waals surface area (Å²) in [6.07, 6.45) is 0.860. The van der Waals surface area contributed by atoms with Crippen LogP contribution in [0.4, 0.5) is 0 Å². The molecule has 0 aromatic heterocycles. The second-order valence-corrected chi connectivity index (χ2v) is 3.26. The zero-order chi connectivity index (χ0) is 9.68. The number of rotatable bonds is 4. The van der Waals surface area contributed by atoms with E-state index < -0.39 is 0 Å². The summed E-state index contributed by atoms with van der Waals surface area (Å²) in [5.41, 5.74) is 0. The van der Waals surface area contributed by atoms with E-state index in [9.17, 15) is 4.79 Å². The van der Waals surface area contributed by atoms with Gasteiger partial charge in [-0.15, -0.1) is 0 Å². The van der Waals surface area contributed by atoms with Gasteiger partial charge in [-0.25, -0.2) is 0 Å². The molecule has 1 atom stereocenters. The summed E-state index contributed by atoms with van der Waals surface area (Å²) in [6.45, 7) is 4.72. The number of nitrogens with zero attached hydrogens (tertiary/aromatic N) is 1. The third-order valence-corrected chi connectivity index (χ3v) is 2.31. The van der Waals surface area contributed by atoms with E-state index in [0.29, 0.717) is 13.2 Å². The average Bonchev–Trinajstić information content (AvgIpc) is 2.54. The predicted octanol–water partition coefficient (Wildman–Crippen LogP) is -0.136. The number of aliphatic hydroxyl groups excluding tert-OH is 1. The van der Waals surface area contributed by atoms with Crippen molar-refractivity contribution in [1.82, 2.24) is 4.90 Å². The molecule has 0 radical (unpaired) electrons. The first-order valence-corrected chi connectivity index (χ1v) is 4.77. The quantitative estimate of drug-likeness (QED) is 0.623. The van der Waals surface area contributed by atoms with Crippen LogP contribution in [0.15, 0.2) is 0 Å². The number of likely N-dealkylation sites (tertiary alicyclic amines) is 1. The molecule has 0 saturated carbocycles. The highest BCUT2D eigenvalue weighted by molar-refractivity contribution is 5.73. The summed E-state index contributed by atoms with van der Waals surface area (Å²) in [6, 6.07) is 0. The van der Waals surface area contributed by atoms with Gasteiger partial charge in [0.2, 0.25) is 0 Å². The minimum Gasteiger partial charge on any atom is -0.466 e. The van der Waals surface area contributed by atoms with Crippen molar-refractivity contribution >= 4 is 5.97 Å². The van der Waals surface area contributed by atoms with Gasteiger partial charge < -0.3 is 14.7 Å². The lowest BCUT2D eigenvalue weighted by Gasteiger charge is -2.13. The van der Waals surface area contributed by atoms with Crippen LogP contribution in [-0.2, 0) is 9.53 Å². The van der Waals surface area contributed by atoms with Crippen LogP contribution in [-0.4, -0.2) is 48.8 Å². The summed E-state index contributed by atoms with van der Waals surface area (Å²) in [7, 11) is 0. The Balaban J connectivity index is 2.27. The zero-order valence-electron chi connectivity index (χ0n) is 8.03. The van der Waals surface area contributed by atoms with Crippen LogP contribution in [0.25, 0.3) is 0 Å². The lowest BCUT2D eigenvalue weighted by Crippen LogP contribution is -2.26. The molecule has 1 aliphatic rings. The fourth-order valence-corrected chi connectivity index (χ4v) is 1.63. The van der Waals surface area contributed by atoms with Gasteiger partial charge in [0, 0.05) is 13.1 Å². The molecule has 0 aromatic carbocycles. The number of esters is 1. The second kappa shape index (κ2) is 5.19. The van der Waals surface area contributed by atoms with E-state index in [1.54, 1.807) is 0 Å². The van der Waals surface area contributed by atoms with E-state index >= 15 is 0 Å². The molecule has 1 rings (SSSR count). The van der Waals surface area contributed by atoms with Gasteiger partial charge in [0.05, 0.1) is 19.1 Å². The first kappa shape index (κ1) is 10.5. The van der Waals surface area contributed by atoms with Gasteiger partial charge in [-0.3, -0.25) is 4.79 Å². The molecule has 13 heavy (non-hydrogen) atoms. The minimum absolute atomic E-state index is 0.0199. The van der Waals surface area contributed by atoms with Gasteiger partial charge in [-0.1, -0.05) is 0 Å². The van der Waals surface area contributed by atoms with Gasteiger partial charge in [-0.05, 0) is 19.9 Å². The molecule has 0 aliphatic carbocycles. The van der Waals surface area contributed by atoms with Crippen molar-refractivity contribution in [3.05, 3.63) is 0 Å². The van der Waals surface area contributed by atoms with E-state index in [0.717, 1.165) is 19.5 Å². The molecule has 4 nitrogen and oxygen atoms in total. The molecule has 1 saturated heterocycles. The Morgan fingerprint density at radius 3 is 3.08 bits per heavy atom. The highest BCUT2D eigenvalue weighted by Crippen LogP contribution is 2.16. The fourth-order valence-electron chi connectivity index (χ4n) is 1.63. The number of hydrogen-bond donors (Lipinski definition) is 1. The molecule has 1 aliphatic heterocycles. The number of carbonyl (C=O) groups is 1. The molecular weight excluding hydrogens is 170 g/mol. The molecule has 76 valence electrons. The largest absolute Gasteiger partial charge is 0.466 e. The standard InChI is InChI=1S/C9H17NO3/c1-2-13-9(12)8-3-4-10(7-8)5-6-11/h8,11H,2-7H2,1H3. The van der Waals surface area contributed by atoms with Gasteiger partial charge in [0.15, 0.2) is 0 Å². The Morgan fingerprint density at radius 2 is 2.46 bits per heavy atom. The highest BCUT2D eigenvalue weighted by Gasteiger charge is 2.28. The van der Waals surface area contributed by atoms with Gasteiger partial charge in [-0.2, -0.15) is 0 Å². The van der Waals surface area contributed by atoms with Crippen molar-refractivity contribution < 1.29 is 14.6 Å². The molecular formula is C9H17NO3. The lowest BCUT2D eigenvalue weighted by atomic mass is 10.1. The first-order valence-electron chi connectivity index (χ1n) is 4.77. The van der Waals surface area contributed by atoms with Crippen molar-refractivity contribution in [2.24, 2.45) is 5.92 Å². The van der Waals surface area contributed by atoms with Crippen molar-refractivity contribution in [2.45, 2.75) is 13.3 Å². The third-order valence-electron chi connectivity index (χ3n) is 2.31. The Kier molecular flexibility index (Phi) is 4.18. The van der Waals surface area contributed by atoms with Crippen molar-refractivity contribution in [3.63, 3.8) is 0 Å². The molecule has 4 heteroatoms. The summed E-state index contributed by atoms with van der Waals surface area (Å²) in [5, 5.41) is 8.70. The Labute approximate surface area is 78.5 Å². The Hall–Kier alpha value is -0.610. The summed E-state index contributed by atoms with van der Waals surface area (Å²) in [4.78, 5) is 13.4. The molecule has 0 bridgehead atoms. The van der Waals surface area contributed by atoms with E-state index in [-0.39, 0.29) is 18.5 Å². The van der Waals surface area contributed by atoms with Crippen LogP contribution in [0, 0.1) is 5.92 Å². The van der Waals surface area contributed by atoms with Crippen LogP contribution < -0.4 is 0 Å². The molecule has 0 spiro atoms. The number of hydrogen-bond acceptors (Lipinski definition) is 4. The smallest absolute Gasteiger partial charge is 0.310 e. The monoisotopic (exact) mass is 187 g/mol. The second-order valence-electron chi connectivity index (χ2n) is 3.26. The Morgan fingerprint density at radius 1 is 1.69 bits per heavy atom. The molecule has 1 unspecified atom stereocenters. The van der Waals surface area contributed by atoms with Crippen LogP contribution in [0.3, 0.4) is 0 Å². The van der Waals surface area contributed by atoms with Gasteiger partial charge in [0.1, 0.15) is 0 Å². The third kappa shape index (κ3) is 2.97. The topological polar surface area (TPSA) is 49.8 Å². The summed E-state index contributed by atoms with van der Waals surface area (Å²) >= 11 is 0. The maximum absolute atomic E-state index is 11.3. The molecule has 1 N–H and O–H groups in total.